The first kappa shape index (κ1) is 15.4. The molecule has 0 spiro atoms. The van der Waals surface area contributed by atoms with E-state index < -0.39 is 0 Å². The first-order chi connectivity index (χ1) is 9.15. The van der Waals surface area contributed by atoms with Crippen LogP contribution in [0.2, 0.25) is 0 Å². The van der Waals surface area contributed by atoms with Crippen molar-refractivity contribution < 1.29 is 9.47 Å². The second-order valence-corrected chi connectivity index (χ2v) is 4.27. The number of nitrogens with one attached hydrogen (secondary N) is 2. The second kappa shape index (κ2) is 8.47. The van der Waals surface area contributed by atoms with E-state index >= 15 is 0 Å². The molecule has 7 nitrogen and oxygen atoms in total. The van der Waals surface area contributed by atoms with E-state index in [-0.39, 0.29) is 0 Å². The predicted molar refractivity (Wildman–Crippen MR) is 74.7 cm³/mol. The number of anilines is 2. The number of nitrogens with zero attached hydrogens (tertiary/aromatic N) is 3. The summed E-state index contributed by atoms with van der Waals surface area (Å²) in [6, 6.07) is 0.296. The van der Waals surface area contributed by atoms with Gasteiger partial charge in [0.15, 0.2) is 0 Å². The summed E-state index contributed by atoms with van der Waals surface area (Å²) >= 11 is 0. The molecular weight excluding hydrogens is 246 g/mol. The lowest BCUT2D eigenvalue weighted by Gasteiger charge is -2.09. The first-order valence-corrected chi connectivity index (χ1v) is 6.49. The summed E-state index contributed by atoms with van der Waals surface area (Å²) < 4.78 is 10.5. The molecular formula is C12H23N5O2. The highest BCUT2D eigenvalue weighted by atomic mass is 16.5. The van der Waals surface area contributed by atoms with Gasteiger partial charge in [-0.05, 0) is 26.7 Å². The van der Waals surface area contributed by atoms with E-state index in [0.717, 1.165) is 26.0 Å². The Hall–Kier alpha value is -1.63. The van der Waals surface area contributed by atoms with Crippen molar-refractivity contribution in [2.75, 3.05) is 37.9 Å². The first-order valence-electron chi connectivity index (χ1n) is 6.49. The topological polar surface area (TPSA) is 81.2 Å². The maximum absolute atomic E-state index is 5.47. The van der Waals surface area contributed by atoms with Crippen LogP contribution in [-0.4, -0.2) is 48.4 Å². The molecule has 7 heteroatoms. The van der Waals surface area contributed by atoms with Crippen molar-refractivity contribution in [2.45, 2.75) is 32.8 Å². The Bertz CT molecular complexity index is 351. The van der Waals surface area contributed by atoms with Gasteiger partial charge in [0.2, 0.25) is 11.9 Å². The molecule has 1 rings (SSSR count). The molecule has 0 amide bonds. The van der Waals surface area contributed by atoms with Crippen LogP contribution in [0.4, 0.5) is 11.9 Å². The maximum Gasteiger partial charge on any atom is 0.322 e. The minimum atomic E-state index is 0.291. The Morgan fingerprint density at radius 3 is 2.47 bits per heavy atom. The molecule has 1 aromatic rings. The van der Waals surface area contributed by atoms with Crippen LogP contribution in [0.5, 0.6) is 6.01 Å². The molecule has 0 radical (unpaired) electrons. The zero-order chi connectivity index (χ0) is 14.1. The smallest absolute Gasteiger partial charge is 0.322 e. The van der Waals surface area contributed by atoms with E-state index in [1.807, 2.05) is 13.8 Å². The second-order valence-electron chi connectivity index (χ2n) is 4.27. The molecule has 0 aliphatic carbocycles. The lowest BCUT2D eigenvalue weighted by Crippen LogP contribution is -2.10. The van der Waals surface area contributed by atoms with Gasteiger partial charge in [0.05, 0.1) is 13.2 Å². The third kappa shape index (κ3) is 6.19. The summed E-state index contributed by atoms with van der Waals surface area (Å²) in [6.07, 6.45) is 2.29. The van der Waals surface area contributed by atoms with Crippen molar-refractivity contribution in [1.29, 1.82) is 0 Å². The van der Waals surface area contributed by atoms with Gasteiger partial charge in [-0.1, -0.05) is 0 Å². The van der Waals surface area contributed by atoms with Crippen LogP contribution in [0.3, 0.4) is 0 Å². The van der Waals surface area contributed by atoms with E-state index in [0.29, 0.717) is 24.0 Å². The number of rotatable bonds is 9. The summed E-state index contributed by atoms with van der Waals surface area (Å²) in [5.74, 6) is 0.999. The van der Waals surface area contributed by atoms with Crippen molar-refractivity contribution in [3.05, 3.63) is 0 Å². The standard InChI is InChI=1S/C12H23N5O2/c1-9(2)19-8-6-5-7-14-11-15-10(13-3)16-12(17-11)18-4/h9H,5-8H2,1-4H3,(H2,13,14,15,16,17). The largest absolute Gasteiger partial charge is 0.467 e. The molecule has 19 heavy (non-hydrogen) atoms. The fraction of sp³-hybridized carbons (Fsp3) is 0.750. The molecule has 0 aliphatic heterocycles. The number of unbranched alkanes of at least 4 members (excludes halogenated alkanes) is 1. The highest BCUT2D eigenvalue weighted by molar-refractivity contribution is 5.35. The average Bonchev–Trinajstić information content (AvgIpc) is 2.41. The van der Waals surface area contributed by atoms with Crippen LogP contribution in [0.15, 0.2) is 0 Å². The van der Waals surface area contributed by atoms with E-state index in [1.54, 1.807) is 7.05 Å². The van der Waals surface area contributed by atoms with Gasteiger partial charge in [-0.15, -0.1) is 0 Å². The van der Waals surface area contributed by atoms with Gasteiger partial charge < -0.3 is 20.1 Å². The van der Waals surface area contributed by atoms with Gasteiger partial charge >= 0.3 is 6.01 Å². The number of hydrogen-bond donors (Lipinski definition) is 2. The van der Waals surface area contributed by atoms with Crippen LogP contribution in [0.1, 0.15) is 26.7 Å². The Morgan fingerprint density at radius 1 is 1.11 bits per heavy atom. The third-order valence-electron chi connectivity index (χ3n) is 2.33. The Kier molecular flexibility index (Phi) is 6.88. The summed E-state index contributed by atoms with van der Waals surface area (Å²) in [7, 11) is 3.28. The van der Waals surface area contributed by atoms with Crippen molar-refractivity contribution in [3.8, 4) is 6.01 Å². The van der Waals surface area contributed by atoms with Crippen molar-refractivity contribution in [2.24, 2.45) is 0 Å². The highest BCUT2D eigenvalue weighted by Gasteiger charge is 2.04. The quantitative estimate of drug-likeness (QED) is 0.658. The van der Waals surface area contributed by atoms with Gasteiger partial charge in [-0.3, -0.25) is 0 Å². The summed E-state index contributed by atoms with van der Waals surface area (Å²) in [5, 5.41) is 6.01. The number of ether oxygens (including phenoxy) is 2. The van der Waals surface area contributed by atoms with E-state index in [2.05, 4.69) is 25.6 Å². The van der Waals surface area contributed by atoms with Gasteiger partial charge in [-0.2, -0.15) is 15.0 Å². The zero-order valence-electron chi connectivity index (χ0n) is 12.1. The number of methoxy groups -OCH3 is 1. The number of aromatic nitrogens is 3. The molecule has 0 atom stereocenters. The average molecular weight is 269 g/mol. The van der Waals surface area contributed by atoms with Crippen LogP contribution in [0, 0.1) is 0 Å². The van der Waals surface area contributed by atoms with Crippen molar-refractivity contribution in [1.82, 2.24) is 15.0 Å². The fourth-order valence-corrected chi connectivity index (χ4v) is 1.38. The maximum atomic E-state index is 5.47. The normalized spacial score (nSPS) is 10.6. The van der Waals surface area contributed by atoms with Crippen LogP contribution >= 0.6 is 0 Å². The van der Waals surface area contributed by atoms with Crippen LogP contribution < -0.4 is 15.4 Å². The molecule has 0 aromatic carbocycles. The number of hydrogen-bond acceptors (Lipinski definition) is 7. The van der Waals surface area contributed by atoms with Crippen LogP contribution in [-0.2, 0) is 4.74 Å². The molecule has 0 fully saturated rings. The third-order valence-corrected chi connectivity index (χ3v) is 2.33. The Balaban J connectivity index is 2.32. The molecule has 0 saturated carbocycles. The van der Waals surface area contributed by atoms with Gasteiger partial charge in [-0.25, -0.2) is 0 Å². The lowest BCUT2D eigenvalue weighted by molar-refractivity contribution is 0.0765. The van der Waals surface area contributed by atoms with Crippen molar-refractivity contribution >= 4 is 11.9 Å². The van der Waals surface area contributed by atoms with Gasteiger partial charge in [0.25, 0.3) is 0 Å². The molecule has 0 bridgehead atoms. The summed E-state index contributed by atoms with van der Waals surface area (Å²) in [4.78, 5) is 12.3. The molecule has 0 aliphatic rings. The Labute approximate surface area is 114 Å². The predicted octanol–water partition coefficient (Wildman–Crippen LogP) is 1.54. The monoisotopic (exact) mass is 269 g/mol. The molecule has 1 aromatic heterocycles. The fourth-order valence-electron chi connectivity index (χ4n) is 1.38. The SMILES string of the molecule is CNc1nc(NCCCCOC(C)C)nc(OC)n1. The van der Waals surface area contributed by atoms with Gasteiger partial charge in [0.1, 0.15) is 0 Å². The zero-order valence-corrected chi connectivity index (χ0v) is 12.1. The minimum absolute atomic E-state index is 0.291. The molecule has 2 N–H and O–H groups in total. The van der Waals surface area contributed by atoms with E-state index in [1.165, 1.54) is 7.11 Å². The van der Waals surface area contributed by atoms with E-state index in [4.69, 9.17) is 9.47 Å². The molecule has 1 heterocycles. The minimum Gasteiger partial charge on any atom is -0.467 e. The van der Waals surface area contributed by atoms with E-state index in [9.17, 15) is 0 Å². The molecule has 0 saturated heterocycles. The van der Waals surface area contributed by atoms with Crippen LogP contribution in [0.25, 0.3) is 0 Å². The Morgan fingerprint density at radius 2 is 1.84 bits per heavy atom. The molecule has 0 unspecified atom stereocenters. The van der Waals surface area contributed by atoms with Crippen molar-refractivity contribution in [3.63, 3.8) is 0 Å². The summed E-state index contributed by atoms with van der Waals surface area (Å²) in [6.45, 7) is 5.64. The van der Waals surface area contributed by atoms with Gasteiger partial charge in [0, 0.05) is 20.2 Å². The molecule has 108 valence electrons. The summed E-state index contributed by atoms with van der Waals surface area (Å²) in [5.41, 5.74) is 0. The lowest BCUT2D eigenvalue weighted by atomic mass is 10.3. The highest BCUT2D eigenvalue weighted by Crippen LogP contribution is 2.10.